The maximum atomic E-state index is 13.0. The second kappa shape index (κ2) is 9.07. The van der Waals surface area contributed by atoms with Gasteiger partial charge in [-0.1, -0.05) is 0 Å². The van der Waals surface area contributed by atoms with Gasteiger partial charge in [-0.25, -0.2) is 9.78 Å². The van der Waals surface area contributed by atoms with E-state index in [1.807, 2.05) is 6.92 Å². The molecule has 1 aliphatic carbocycles. The number of aromatic nitrogens is 3. The highest BCUT2D eigenvalue weighted by Crippen LogP contribution is 2.39. The molecule has 1 atom stereocenters. The van der Waals surface area contributed by atoms with Gasteiger partial charge in [0.15, 0.2) is 5.65 Å². The second-order valence-corrected chi connectivity index (χ2v) is 7.09. The van der Waals surface area contributed by atoms with Gasteiger partial charge >= 0.3 is 5.69 Å². The van der Waals surface area contributed by atoms with Gasteiger partial charge in [-0.2, -0.15) is 0 Å². The van der Waals surface area contributed by atoms with Crippen molar-refractivity contribution < 1.29 is 4.79 Å². The largest absolute Gasteiger partial charge is 0.348 e. The smallest absolute Gasteiger partial charge is 0.329 e. The Kier molecular flexibility index (Phi) is 7.25. The summed E-state index contributed by atoms with van der Waals surface area (Å²) in [5.41, 5.74) is 0.352. The first kappa shape index (κ1) is 22.4. The first-order valence-corrected chi connectivity index (χ1v) is 9.27. The number of carbonyl (C=O) groups is 1. The fraction of sp³-hybridized carbons (Fsp3) is 0.556. The molecule has 4 rings (SSSR count). The molecule has 0 aromatic carbocycles. The molecule has 2 fully saturated rings. The van der Waals surface area contributed by atoms with E-state index in [4.69, 9.17) is 0 Å². The van der Waals surface area contributed by atoms with Crippen LogP contribution < -0.4 is 21.9 Å². The number of hydrogen-bond donors (Lipinski definition) is 3. The van der Waals surface area contributed by atoms with Crippen LogP contribution in [0.25, 0.3) is 11.0 Å². The number of fused-ring (bicyclic) bond motifs is 1. The first-order valence-electron chi connectivity index (χ1n) is 9.27. The molecule has 10 heteroatoms. The van der Waals surface area contributed by atoms with E-state index in [9.17, 15) is 14.4 Å². The SMILES string of the molecule is CCn1c(=O)[nH]c(=O)c2c(C(=O)N[C@H]3CCCNC3)cc(C3CC3)nc21.Cl.Cl. The van der Waals surface area contributed by atoms with Gasteiger partial charge in [-0.3, -0.25) is 19.1 Å². The van der Waals surface area contributed by atoms with Crippen molar-refractivity contribution in [3.63, 3.8) is 0 Å². The number of nitrogens with one attached hydrogen (secondary N) is 3. The average molecular weight is 430 g/mol. The van der Waals surface area contributed by atoms with Crippen LogP contribution in [0.2, 0.25) is 0 Å². The van der Waals surface area contributed by atoms with E-state index >= 15 is 0 Å². The van der Waals surface area contributed by atoms with Gasteiger partial charge in [0.25, 0.3) is 11.5 Å². The molecule has 1 saturated heterocycles. The summed E-state index contributed by atoms with van der Waals surface area (Å²) in [6.45, 7) is 3.87. The van der Waals surface area contributed by atoms with E-state index in [-0.39, 0.29) is 42.1 Å². The lowest BCUT2D eigenvalue weighted by Crippen LogP contribution is -2.46. The third-order valence-electron chi connectivity index (χ3n) is 5.16. The summed E-state index contributed by atoms with van der Waals surface area (Å²) in [5, 5.41) is 6.48. The minimum absolute atomic E-state index is 0. The molecular formula is C18H25Cl2N5O3. The molecule has 1 amide bonds. The molecule has 28 heavy (non-hydrogen) atoms. The molecule has 0 bridgehead atoms. The molecule has 2 aliphatic rings. The molecule has 0 unspecified atom stereocenters. The van der Waals surface area contributed by atoms with Gasteiger partial charge in [0, 0.05) is 30.7 Å². The zero-order valence-electron chi connectivity index (χ0n) is 15.6. The van der Waals surface area contributed by atoms with E-state index in [0.29, 0.717) is 23.7 Å². The van der Waals surface area contributed by atoms with E-state index in [0.717, 1.165) is 44.5 Å². The Morgan fingerprint density at radius 2 is 2.04 bits per heavy atom. The van der Waals surface area contributed by atoms with Crippen molar-refractivity contribution in [1.29, 1.82) is 0 Å². The van der Waals surface area contributed by atoms with Crippen LogP contribution in [-0.4, -0.2) is 39.6 Å². The quantitative estimate of drug-likeness (QED) is 0.678. The fourth-order valence-electron chi connectivity index (χ4n) is 3.59. The van der Waals surface area contributed by atoms with Crippen LogP contribution in [0.1, 0.15) is 54.6 Å². The number of piperidine rings is 1. The van der Waals surface area contributed by atoms with Gasteiger partial charge in [-0.15, -0.1) is 24.8 Å². The van der Waals surface area contributed by atoms with Crippen LogP contribution in [0.15, 0.2) is 15.7 Å². The minimum Gasteiger partial charge on any atom is -0.348 e. The lowest BCUT2D eigenvalue weighted by Gasteiger charge is -2.24. The van der Waals surface area contributed by atoms with Gasteiger partial charge in [0.1, 0.15) is 0 Å². The number of nitrogens with zero attached hydrogens (tertiary/aromatic N) is 2. The van der Waals surface area contributed by atoms with Crippen molar-refractivity contribution >= 4 is 41.8 Å². The fourth-order valence-corrected chi connectivity index (χ4v) is 3.59. The lowest BCUT2D eigenvalue weighted by molar-refractivity contribution is 0.0932. The molecule has 154 valence electrons. The van der Waals surface area contributed by atoms with Crippen LogP contribution in [0.5, 0.6) is 0 Å². The molecule has 2 aromatic heterocycles. The maximum Gasteiger partial charge on any atom is 0.329 e. The predicted octanol–water partition coefficient (Wildman–Crippen LogP) is 1.31. The van der Waals surface area contributed by atoms with Crippen molar-refractivity contribution in [2.45, 2.75) is 51.1 Å². The highest BCUT2D eigenvalue weighted by molar-refractivity contribution is 6.05. The first-order chi connectivity index (χ1) is 12.6. The predicted molar refractivity (Wildman–Crippen MR) is 112 cm³/mol. The van der Waals surface area contributed by atoms with Crippen LogP contribution in [0.4, 0.5) is 0 Å². The van der Waals surface area contributed by atoms with Crippen molar-refractivity contribution in [3.8, 4) is 0 Å². The number of halogens is 2. The number of pyridine rings is 1. The summed E-state index contributed by atoms with van der Waals surface area (Å²) in [6, 6.07) is 1.77. The van der Waals surface area contributed by atoms with Crippen LogP contribution in [0.3, 0.4) is 0 Å². The van der Waals surface area contributed by atoms with Gasteiger partial charge in [-0.05, 0) is 45.2 Å². The lowest BCUT2D eigenvalue weighted by atomic mass is 10.0. The standard InChI is InChI=1S/C18H23N5O3.2ClH/c1-2-23-15-14(17(25)22-18(23)26)12(8-13(21-15)10-5-6-10)16(24)20-11-4-3-7-19-9-11;;/h8,10-11,19H,2-7,9H2,1H3,(H,20,24)(H,22,25,26);2*1H/t11-;;/m0../s1. The Labute approximate surface area is 174 Å². The number of aromatic amines is 1. The van der Waals surface area contributed by atoms with E-state index in [2.05, 4.69) is 20.6 Å². The van der Waals surface area contributed by atoms with Gasteiger partial charge in [0.05, 0.1) is 10.9 Å². The van der Waals surface area contributed by atoms with Crippen LogP contribution in [-0.2, 0) is 6.54 Å². The number of rotatable bonds is 4. The molecule has 8 nitrogen and oxygen atoms in total. The molecule has 1 saturated carbocycles. The third-order valence-corrected chi connectivity index (χ3v) is 5.16. The number of aryl methyl sites for hydroxylation is 1. The molecule has 0 radical (unpaired) electrons. The highest BCUT2D eigenvalue weighted by Gasteiger charge is 2.29. The molecule has 3 heterocycles. The van der Waals surface area contributed by atoms with Crippen LogP contribution in [0, 0.1) is 0 Å². The summed E-state index contributed by atoms with van der Waals surface area (Å²) < 4.78 is 1.42. The molecule has 1 aliphatic heterocycles. The average Bonchev–Trinajstić information content (AvgIpc) is 3.47. The van der Waals surface area contributed by atoms with E-state index in [1.54, 1.807) is 6.07 Å². The van der Waals surface area contributed by atoms with Crippen molar-refractivity contribution in [3.05, 3.63) is 38.2 Å². The zero-order chi connectivity index (χ0) is 18.3. The molecular weight excluding hydrogens is 405 g/mol. The molecule has 2 aromatic rings. The number of amides is 1. The monoisotopic (exact) mass is 429 g/mol. The zero-order valence-corrected chi connectivity index (χ0v) is 17.3. The Hall–Kier alpha value is -1.90. The third kappa shape index (κ3) is 4.24. The van der Waals surface area contributed by atoms with E-state index in [1.165, 1.54) is 4.57 Å². The Morgan fingerprint density at radius 3 is 2.64 bits per heavy atom. The van der Waals surface area contributed by atoms with E-state index < -0.39 is 11.2 Å². The Balaban J connectivity index is 0.00000140. The highest BCUT2D eigenvalue weighted by atomic mass is 35.5. The summed E-state index contributed by atoms with van der Waals surface area (Å²) in [5.74, 6) is 0.0294. The number of hydrogen-bond acceptors (Lipinski definition) is 5. The minimum atomic E-state index is -0.559. The van der Waals surface area contributed by atoms with Crippen molar-refractivity contribution in [2.24, 2.45) is 0 Å². The van der Waals surface area contributed by atoms with Crippen molar-refractivity contribution in [1.82, 2.24) is 25.2 Å². The number of H-pyrrole nitrogens is 1. The maximum absolute atomic E-state index is 13.0. The topological polar surface area (TPSA) is 109 Å². The van der Waals surface area contributed by atoms with Gasteiger partial charge < -0.3 is 10.6 Å². The Morgan fingerprint density at radius 1 is 1.29 bits per heavy atom. The number of carbonyl (C=O) groups excluding carboxylic acids is 1. The molecule has 3 N–H and O–H groups in total. The second-order valence-electron chi connectivity index (χ2n) is 7.09. The normalized spacial score (nSPS) is 18.8. The summed E-state index contributed by atoms with van der Waals surface area (Å²) >= 11 is 0. The Bertz CT molecular complexity index is 978. The van der Waals surface area contributed by atoms with Crippen LogP contribution >= 0.6 is 24.8 Å². The summed E-state index contributed by atoms with van der Waals surface area (Å²) in [4.78, 5) is 44.5. The summed E-state index contributed by atoms with van der Waals surface area (Å²) in [7, 11) is 0. The molecule has 0 spiro atoms. The summed E-state index contributed by atoms with van der Waals surface area (Å²) in [6.07, 6.45) is 3.95. The van der Waals surface area contributed by atoms with Gasteiger partial charge in [0.2, 0.25) is 0 Å². The van der Waals surface area contributed by atoms with Crippen molar-refractivity contribution in [2.75, 3.05) is 13.1 Å².